The molecule has 0 spiro atoms. The van der Waals surface area contributed by atoms with Gasteiger partial charge in [0, 0.05) is 121 Å². The van der Waals surface area contributed by atoms with Gasteiger partial charge in [-0.15, -0.1) is 0 Å². The Morgan fingerprint density at radius 1 is 0.351 bits per heavy atom. The molecule has 0 saturated carbocycles. The van der Waals surface area contributed by atoms with Crippen LogP contribution >= 0.6 is 86.4 Å². The van der Waals surface area contributed by atoms with Gasteiger partial charge in [-0.25, -0.2) is 4.79 Å². The first-order valence-corrected chi connectivity index (χ1v) is 55.0. The number of carbonyl (C=O) groups excluding carboxylic acids is 17. The lowest BCUT2D eigenvalue weighted by Gasteiger charge is -2.30. The zero-order valence-corrected chi connectivity index (χ0v) is 83.9. The van der Waals surface area contributed by atoms with Gasteiger partial charge < -0.3 is 82.1 Å². The van der Waals surface area contributed by atoms with Crippen molar-refractivity contribution in [3.05, 3.63) is 60.4 Å². The van der Waals surface area contributed by atoms with Crippen LogP contribution in [0.25, 0.3) is 0 Å². The minimum absolute atomic E-state index is 0.0118. The summed E-state index contributed by atoms with van der Waals surface area (Å²) in [5.74, 6) is -6.40. The van der Waals surface area contributed by atoms with Gasteiger partial charge in [0.25, 0.3) is 5.91 Å². The summed E-state index contributed by atoms with van der Waals surface area (Å²) in [6, 6.07) is -6.40. The molecule has 8 aliphatic rings. The van der Waals surface area contributed by atoms with Crippen molar-refractivity contribution in [3.63, 3.8) is 0 Å². The molecule has 0 aliphatic carbocycles. The van der Waals surface area contributed by atoms with E-state index < -0.39 is 174 Å². The fourth-order valence-electron chi connectivity index (χ4n) is 14.3. The van der Waals surface area contributed by atoms with Gasteiger partial charge in [0.05, 0.1) is 55.7 Å². The molecule has 2 unspecified atom stereocenters. The highest BCUT2D eigenvalue weighted by Crippen LogP contribution is 2.31. The molecule has 9 amide bonds. The second-order valence-corrected chi connectivity index (χ2v) is 45.3. The molecule has 8 bridgehead atoms. The predicted octanol–water partition coefficient (Wildman–Crippen LogP) is 8.15. The molecule has 4 fully saturated rings. The number of ketones is 4. The molecule has 0 aromatic heterocycles. The average Bonchev–Trinajstić information content (AvgIpc) is 1.79. The highest BCUT2D eigenvalue weighted by molar-refractivity contribution is 8.77. The maximum absolute atomic E-state index is 13.2. The van der Waals surface area contributed by atoms with Crippen LogP contribution in [0.1, 0.15) is 206 Å². The van der Waals surface area contributed by atoms with Gasteiger partial charge in [0.2, 0.25) is 47.3 Å². The summed E-state index contributed by atoms with van der Waals surface area (Å²) >= 11 is 0. The largest absolute Gasteiger partial charge is 0.458 e. The van der Waals surface area contributed by atoms with Gasteiger partial charge in [-0.05, 0) is 86.5 Å². The van der Waals surface area contributed by atoms with E-state index in [2.05, 4.69) is 47.9 Å². The Morgan fingerprint density at radius 2 is 0.656 bits per heavy atom. The third kappa shape index (κ3) is 42.1. The van der Waals surface area contributed by atoms with Crippen LogP contribution in [0.2, 0.25) is 0 Å². The maximum atomic E-state index is 13.2. The van der Waals surface area contributed by atoms with Crippen molar-refractivity contribution in [3.8, 4) is 0 Å². The van der Waals surface area contributed by atoms with Gasteiger partial charge in [-0.3, -0.25) is 76.7 Å². The quantitative estimate of drug-likeness (QED) is 0.0376. The molecule has 4 saturated heterocycles. The number of allylic oxidation sites excluding steroid dienone is 5. The molecule has 33 nitrogen and oxygen atoms in total. The van der Waals surface area contributed by atoms with Gasteiger partial charge in [-0.1, -0.05) is 220 Å². The van der Waals surface area contributed by atoms with Crippen LogP contribution in [-0.2, 0) is 100 Å². The molecule has 8 aliphatic heterocycles. The van der Waals surface area contributed by atoms with E-state index in [0.717, 1.165) is 23.0 Å². The summed E-state index contributed by atoms with van der Waals surface area (Å²) in [6.45, 7) is 25.0. The molecular weight excluding hydrogens is 1850 g/mol. The van der Waals surface area contributed by atoms with Gasteiger partial charge in [-0.2, -0.15) is 0 Å². The monoisotopic (exact) mass is 1980 g/mol. The van der Waals surface area contributed by atoms with Crippen LogP contribution < -0.4 is 47.9 Å². The summed E-state index contributed by atoms with van der Waals surface area (Å²) in [5, 5.41) is 57.0. The smallest absolute Gasteiger partial charge is 0.329 e. The number of rotatable bonds is 7. The zero-order valence-electron chi connectivity index (χ0n) is 77.4. The number of aliphatic hydroxyl groups excluding tert-OH is 3. The Morgan fingerprint density at radius 3 is 0.969 bits per heavy atom. The van der Waals surface area contributed by atoms with Gasteiger partial charge in [0.1, 0.15) is 83.5 Å². The summed E-state index contributed by atoms with van der Waals surface area (Å²) in [4.78, 5) is 218. The van der Waals surface area contributed by atoms with Crippen molar-refractivity contribution in [2.45, 2.75) is 297 Å². The standard InChI is InChI=1S/C25H37N3O6S2.2C22H34N2O6S2.C21H32N2O6S2/c1-6-19-23(31)28-21(15(4)5)25(33)34-17-9-7-8-10-35-36-13-20(24(32)26-19)27-22(30)18(14(2)3)12-16(29)11-17;2*1-4-13(2)20-18(26)11-19(27)30-16-7-5-6-8-31-32-12-17(22(29)24-20)23-21(28)14(3)9-15(25)10-16;1-12(2)19-17(25)10-18(26)29-15-6-4-5-7-30-31-11-16(21(28)23-19)22-20(27)13(3)8-14(24)9-15/h6-7,9,14-15,17-18,20-21H,8,10-13H2,1-5H3,(H,26,32)(H,27,30)(H,28,31);2*5,7,13-14,16-18,20,26H,4,6,8-12H2,1-3H3,(H,23,28)(H,24,29);4,6,12-13,15-17,19,25H,5,7-11H2,1-3H3,(H,22,27)(H,23,28)/b9-7+,19-6-;2*7-5+;6-4+/t17-,18-,20-,21+;13-,14+,16-,17-,18+,20?;13-,14-,16+,17+,18-,20?;13-,15+,16+,17-,19+/m1100/s1. The number of carbonyl (C=O) groups is 17. The SMILES string of the molecule is C/C=C1\NC(=O)[C@H]2CSSCC/C=C/[C@H](CC(=O)C[C@H](C(C)C)C(=O)N2)OC(=O)[C@H](C(C)C)NC1=O.CC(C)[C@H]1NC(=O)[C@H]2CSSCC/C=C/[C@H](CC(=O)C[C@H](C)C(=O)N2)OC(=O)C[C@@H]1O.CC[C@@H](C)C1NC(=O)[C@H]2CSSCC/C=C/[C@H](CC(=O)C[C@H](C)C(=O)N2)OC(=O)C[C@@H]1O.CC[C@H](C)C1NC(=O)[C@H]2CSSCC/C=C/[C@H](CC(=O)C[C@H](C)C(=O)N2)OC(=O)C[C@@H]1O. The number of nitrogens with one attached hydrogen (secondary N) is 9. The Labute approximate surface area is 801 Å². The Kier molecular flexibility index (Phi) is 53.0. The van der Waals surface area contributed by atoms with Crippen molar-refractivity contribution in [2.75, 3.05) is 46.0 Å². The topological polar surface area (TPSA) is 496 Å². The fourth-order valence-corrected chi connectivity index (χ4v) is 22.9. The van der Waals surface area contributed by atoms with E-state index in [1.807, 2.05) is 79.7 Å². The van der Waals surface area contributed by atoms with E-state index in [-0.39, 0.29) is 153 Å². The minimum Gasteiger partial charge on any atom is -0.458 e. The van der Waals surface area contributed by atoms with E-state index >= 15 is 0 Å². The van der Waals surface area contributed by atoms with Crippen molar-refractivity contribution in [2.24, 2.45) is 53.3 Å². The number of fused-ring (bicyclic) bond motifs is 28. The van der Waals surface area contributed by atoms with E-state index in [4.69, 9.17) is 18.9 Å². The molecule has 734 valence electrons. The van der Waals surface area contributed by atoms with Crippen LogP contribution in [0.3, 0.4) is 0 Å². The molecule has 0 radical (unpaired) electrons. The summed E-state index contributed by atoms with van der Waals surface area (Å²) < 4.78 is 22.2. The first-order valence-electron chi connectivity index (χ1n) is 45.1. The average molecular weight is 1990 g/mol. The maximum Gasteiger partial charge on any atom is 0.329 e. The fraction of sp³-hybridized carbons (Fsp3) is 0.700. The second-order valence-electron chi connectivity index (χ2n) is 34.8. The predicted molar refractivity (Wildman–Crippen MR) is 515 cm³/mol. The molecule has 12 N–H and O–H groups in total. The van der Waals surface area contributed by atoms with E-state index in [1.165, 1.54) is 49.3 Å². The van der Waals surface area contributed by atoms with E-state index in [1.54, 1.807) is 109 Å². The Bertz CT molecular complexity index is 3910. The highest BCUT2D eigenvalue weighted by atomic mass is 33.1. The van der Waals surface area contributed by atoms with Crippen molar-refractivity contribution >= 4 is 187 Å². The second kappa shape index (κ2) is 60.6. The lowest BCUT2D eigenvalue weighted by molar-refractivity contribution is -0.153. The number of ether oxygens (including phenoxy) is 4. The van der Waals surface area contributed by atoms with E-state index in [0.29, 0.717) is 55.8 Å². The van der Waals surface area contributed by atoms with Crippen LogP contribution in [0.15, 0.2) is 60.4 Å². The number of amides is 9. The summed E-state index contributed by atoms with van der Waals surface area (Å²) in [6.07, 6.45) is 12.2. The number of aliphatic hydroxyl groups is 3. The van der Waals surface area contributed by atoms with E-state index in [9.17, 15) is 96.8 Å². The third-order valence-electron chi connectivity index (χ3n) is 22.6. The molecular formula is C90H137N9O24S8. The van der Waals surface area contributed by atoms with Crippen LogP contribution in [0.5, 0.6) is 0 Å². The van der Waals surface area contributed by atoms with Crippen LogP contribution in [-0.4, -0.2) is 253 Å². The minimum atomic E-state index is -1.16. The van der Waals surface area contributed by atoms with Gasteiger partial charge in [0.15, 0.2) is 0 Å². The molecule has 21 atom stereocenters. The number of esters is 4. The van der Waals surface area contributed by atoms with Gasteiger partial charge >= 0.3 is 23.9 Å². The molecule has 0 aromatic rings. The molecule has 41 heteroatoms. The number of hydrogen-bond donors (Lipinski definition) is 12. The molecule has 0 aromatic carbocycles. The number of hydrogen-bond acceptors (Lipinski definition) is 32. The third-order valence-corrected chi connectivity index (χ3v) is 32.4. The Hall–Kier alpha value is -6.83. The lowest BCUT2D eigenvalue weighted by atomic mass is 9.88. The van der Waals surface area contributed by atoms with Crippen molar-refractivity contribution in [1.82, 2.24) is 47.9 Å². The normalized spacial score (nSPS) is 32.5. The Balaban J connectivity index is 0.000000310. The number of Topliss-reactive ketones (excluding diaryl/α,β-unsaturated/α-hetero) is 4. The zero-order chi connectivity index (χ0) is 97.1. The molecule has 8 rings (SSSR count). The van der Waals surface area contributed by atoms with Crippen LogP contribution in [0.4, 0.5) is 0 Å². The highest BCUT2D eigenvalue weighted by Gasteiger charge is 2.41. The molecule has 131 heavy (non-hydrogen) atoms. The lowest BCUT2D eigenvalue weighted by Crippen LogP contribution is -2.56. The first kappa shape index (κ1) is 115. The van der Waals surface area contributed by atoms with Crippen LogP contribution in [0, 0.1) is 53.3 Å². The van der Waals surface area contributed by atoms with Crippen molar-refractivity contribution < 1.29 is 116 Å². The summed E-state index contributed by atoms with van der Waals surface area (Å²) in [5.41, 5.74) is -0.0289. The summed E-state index contributed by atoms with van der Waals surface area (Å²) in [7, 11) is 12.2. The van der Waals surface area contributed by atoms with Crippen molar-refractivity contribution in [1.29, 1.82) is 0 Å². The first-order chi connectivity index (χ1) is 62.1. The molecule has 8 heterocycles.